The zero-order valence-corrected chi connectivity index (χ0v) is 15.0. The van der Waals surface area contributed by atoms with Crippen LogP contribution in [0.3, 0.4) is 0 Å². The molecule has 0 aromatic heterocycles. The molecule has 25 heavy (non-hydrogen) atoms. The van der Waals surface area contributed by atoms with Crippen LogP contribution in [-0.2, 0) is 4.74 Å². The quantitative estimate of drug-likeness (QED) is 0.649. The van der Waals surface area contributed by atoms with Gasteiger partial charge in [0.25, 0.3) is 0 Å². The summed E-state index contributed by atoms with van der Waals surface area (Å²) in [6, 6.07) is 16.7. The lowest BCUT2D eigenvalue weighted by atomic mass is 9.89. The minimum absolute atomic E-state index is 0.104. The van der Waals surface area contributed by atoms with Crippen molar-refractivity contribution >= 4 is 11.6 Å². The first kappa shape index (κ1) is 17.5. The van der Waals surface area contributed by atoms with Gasteiger partial charge >= 0.3 is 0 Å². The molecule has 2 aromatic rings. The Morgan fingerprint density at radius 3 is 2.60 bits per heavy atom. The molecule has 2 unspecified atom stereocenters. The van der Waals surface area contributed by atoms with Gasteiger partial charge in [-0.15, -0.1) is 0 Å². The first-order valence-corrected chi connectivity index (χ1v) is 8.93. The highest BCUT2D eigenvalue weighted by Gasteiger charge is 2.27. The molecule has 3 N–H and O–H groups in total. The maximum absolute atomic E-state index is 6.11. The summed E-state index contributed by atoms with van der Waals surface area (Å²) in [7, 11) is 0. The Kier molecular flexibility index (Phi) is 5.71. The van der Waals surface area contributed by atoms with Gasteiger partial charge in [-0.1, -0.05) is 36.4 Å². The standard InChI is InChI=1S/C21H27N3O/c1-15-11-16(2)13-19(12-15)24-21(22)23-14-18-9-6-10-25-20(18)17-7-4-3-5-8-17/h3-5,7-8,11-13,18,20H,6,9-10,14H2,1-2H3,(H3,22,23,24). The second-order valence-electron chi connectivity index (χ2n) is 6.83. The monoisotopic (exact) mass is 337 g/mol. The van der Waals surface area contributed by atoms with E-state index in [1.807, 2.05) is 6.07 Å². The smallest absolute Gasteiger partial charge is 0.193 e. The van der Waals surface area contributed by atoms with E-state index in [2.05, 4.69) is 66.6 Å². The lowest BCUT2D eigenvalue weighted by Gasteiger charge is -2.31. The van der Waals surface area contributed by atoms with Gasteiger partial charge in [0.2, 0.25) is 0 Å². The number of nitrogens with zero attached hydrogens (tertiary/aromatic N) is 1. The van der Waals surface area contributed by atoms with E-state index in [1.165, 1.54) is 16.7 Å². The Morgan fingerprint density at radius 2 is 1.88 bits per heavy atom. The molecule has 3 rings (SSSR count). The van der Waals surface area contributed by atoms with Crippen LogP contribution in [0.2, 0.25) is 0 Å². The molecule has 0 bridgehead atoms. The number of rotatable bonds is 4. The van der Waals surface area contributed by atoms with Gasteiger partial charge in [0.1, 0.15) is 0 Å². The van der Waals surface area contributed by atoms with Crippen LogP contribution in [0.1, 0.15) is 35.6 Å². The van der Waals surface area contributed by atoms with E-state index < -0.39 is 0 Å². The van der Waals surface area contributed by atoms with Crippen molar-refractivity contribution in [2.24, 2.45) is 16.6 Å². The van der Waals surface area contributed by atoms with E-state index in [1.54, 1.807) is 0 Å². The number of hydrogen-bond acceptors (Lipinski definition) is 2. The van der Waals surface area contributed by atoms with E-state index in [0.717, 1.165) is 25.1 Å². The van der Waals surface area contributed by atoms with Crippen molar-refractivity contribution in [2.75, 3.05) is 18.5 Å². The molecule has 1 heterocycles. The lowest BCUT2D eigenvalue weighted by Crippen LogP contribution is -2.28. The zero-order chi connectivity index (χ0) is 17.6. The van der Waals surface area contributed by atoms with E-state index in [-0.39, 0.29) is 6.10 Å². The average molecular weight is 337 g/mol. The molecule has 4 nitrogen and oxygen atoms in total. The highest BCUT2D eigenvalue weighted by molar-refractivity contribution is 5.92. The molecule has 0 radical (unpaired) electrons. The predicted molar refractivity (Wildman–Crippen MR) is 104 cm³/mol. The Balaban J connectivity index is 1.66. The molecule has 2 atom stereocenters. The van der Waals surface area contributed by atoms with Gasteiger partial charge in [0.15, 0.2) is 5.96 Å². The summed E-state index contributed by atoms with van der Waals surface area (Å²) in [6.45, 7) is 5.64. The van der Waals surface area contributed by atoms with Gasteiger partial charge in [0, 0.05) is 24.8 Å². The topological polar surface area (TPSA) is 59.6 Å². The Morgan fingerprint density at radius 1 is 1.16 bits per heavy atom. The first-order valence-electron chi connectivity index (χ1n) is 8.93. The maximum atomic E-state index is 6.11. The molecule has 0 amide bonds. The maximum Gasteiger partial charge on any atom is 0.193 e. The van der Waals surface area contributed by atoms with Gasteiger partial charge in [-0.05, 0) is 55.5 Å². The lowest BCUT2D eigenvalue weighted by molar-refractivity contribution is -0.0249. The van der Waals surface area contributed by atoms with Crippen LogP contribution in [0.4, 0.5) is 5.69 Å². The second kappa shape index (κ2) is 8.17. The summed E-state index contributed by atoms with van der Waals surface area (Å²) in [6.07, 6.45) is 2.29. The summed E-state index contributed by atoms with van der Waals surface area (Å²) in [5.74, 6) is 0.818. The van der Waals surface area contributed by atoms with E-state index in [4.69, 9.17) is 10.5 Å². The molecule has 1 aliphatic heterocycles. The van der Waals surface area contributed by atoms with Crippen molar-refractivity contribution in [1.82, 2.24) is 0 Å². The van der Waals surface area contributed by atoms with Crippen molar-refractivity contribution in [2.45, 2.75) is 32.8 Å². The van der Waals surface area contributed by atoms with Gasteiger partial charge in [-0.3, -0.25) is 4.99 Å². The van der Waals surface area contributed by atoms with Crippen molar-refractivity contribution < 1.29 is 4.74 Å². The number of ether oxygens (including phenoxy) is 1. The number of aliphatic imine (C=N–C) groups is 1. The predicted octanol–water partition coefficient (Wildman–Crippen LogP) is 4.20. The Labute approximate surface area is 150 Å². The van der Waals surface area contributed by atoms with Crippen molar-refractivity contribution in [3.8, 4) is 0 Å². The van der Waals surface area contributed by atoms with Gasteiger partial charge in [-0.25, -0.2) is 0 Å². The third kappa shape index (κ3) is 4.83. The number of hydrogen-bond donors (Lipinski definition) is 2. The van der Waals surface area contributed by atoms with Crippen LogP contribution in [-0.4, -0.2) is 19.1 Å². The number of nitrogens with one attached hydrogen (secondary N) is 1. The number of nitrogens with two attached hydrogens (primary N) is 1. The fourth-order valence-electron chi connectivity index (χ4n) is 3.49. The van der Waals surface area contributed by atoms with Crippen LogP contribution in [0.15, 0.2) is 53.5 Å². The molecule has 4 heteroatoms. The largest absolute Gasteiger partial charge is 0.373 e. The summed E-state index contributed by atoms with van der Waals surface area (Å²) in [4.78, 5) is 4.58. The van der Waals surface area contributed by atoms with Gasteiger partial charge in [0.05, 0.1) is 6.10 Å². The van der Waals surface area contributed by atoms with Crippen LogP contribution >= 0.6 is 0 Å². The van der Waals surface area contributed by atoms with Crippen molar-refractivity contribution in [3.05, 3.63) is 65.2 Å². The van der Waals surface area contributed by atoms with Crippen LogP contribution < -0.4 is 11.1 Å². The number of guanidine groups is 1. The fraction of sp³-hybridized carbons (Fsp3) is 0.381. The van der Waals surface area contributed by atoms with Crippen LogP contribution in [0.5, 0.6) is 0 Å². The van der Waals surface area contributed by atoms with E-state index in [0.29, 0.717) is 18.4 Å². The Hall–Kier alpha value is -2.33. The van der Waals surface area contributed by atoms with Crippen LogP contribution in [0, 0.1) is 19.8 Å². The molecule has 2 aromatic carbocycles. The summed E-state index contributed by atoms with van der Waals surface area (Å²) in [5, 5.41) is 3.20. The second-order valence-corrected chi connectivity index (χ2v) is 6.83. The number of benzene rings is 2. The van der Waals surface area contributed by atoms with Gasteiger partial charge in [-0.2, -0.15) is 0 Å². The summed E-state index contributed by atoms with van der Waals surface area (Å²) < 4.78 is 6.03. The Bertz CT molecular complexity index is 707. The van der Waals surface area contributed by atoms with E-state index in [9.17, 15) is 0 Å². The highest BCUT2D eigenvalue weighted by Crippen LogP contribution is 2.33. The van der Waals surface area contributed by atoms with Crippen molar-refractivity contribution in [3.63, 3.8) is 0 Å². The minimum Gasteiger partial charge on any atom is -0.373 e. The van der Waals surface area contributed by atoms with Crippen molar-refractivity contribution in [1.29, 1.82) is 0 Å². The molecule has 132 valence electrons. The first-order chi connectivity index (χ1) is 12.1. The zero-order valence-electron chi connectivity index (χ0n) is 15.0. The molecule has 1 saturated heterocycles. The van der Waals surface area contributed by atoms with Crippen LogP contribution in [0.25, 0.3) is 0 Å². The highest BCUT2D eigenvalue weighted by atomic mass is 16.5. The molecule has 1 aliphatic rings. The summed E-state index contributed by atoms with van der Waals surface area (Å²) >= 11 is 0. The molecular weight excluding hydrogens is 310 g/mol. The normalized spacial score (nSPS) is 21.1. The third-order valence-electron chi connectivity index (χ3n) is 4.56. The average Bonchev–Trinajstić information content (AvgIpc) is 2.60. The SMILES string of the molecule is Cc1cc(C)cc(NC(N)=NCC2CCCOC2c2ccccc2)c1. The molecule has 0 saturated carbocycles. The molecule has 0 spiro atoms. The summed E-state index contributed by atoms with van der Waals surface area (Å²) in [5.41, 5.74) is 10.7. The van der Waals surface area contributed by atoms with E-state index >= 15 is 0 Å². The number of aryl methyl sites for hydroxylation is 2. The molecule has 0 aliphatic carbocycles. The number of anilines is 1. The third-order valence-corrected chi connectivity index (χ3v) is 4.56. The molecule has 1 fully saturated rings. The van der Waals surface area contributed by atoms with Gasteiger partial charge < -0.3 is 15.8 Å². The minimum atomic E-state index is 0.104. The fourth-order valence-corrected chi connectivity index (χ4v) is 3.49. The molecular formula is C21H27N3O.